The van der Waals surface area contributed by atoms with Crippen LogP contribution in [0.5, 0.6) is 0 Å². The molecule has 0 saturated heterocycles. The first-order valence-corrected chi connectivity index (χ1v) is 7.80. The Hall–Kier alpha value is -3.21. The van der Waals surface area contributed by atoms with E-state index in [1.165, 1.54) is 7.11 Å². The Labute approximate surface area is 144 Å². The van der Waals surface area contributed by atoms with Crippen LogP contribution in [0.1, 0.15) is 37.5 Å². The Morgan fingerprint density at radius 2 is 1.68 bits per heavy atom. The molecule has 5 heteroatoms. The van der Waals surface area contributed by atoms with E-state index < -0.39 is 17.2 Å². The summed E-state index contributed by atoms with van der Waals surface area (Å²) in [6.45, 7) is 3.77. The molecule has 0 spiro atoms. The van der Waals surface area contributed by atoms with Gasteiger partial charge < -0.3 is 9.72 Å². The van der Waals surface area contributed by atoms with Crippen LogP contribution in [0.4, 0.5) is 0 Å². The lowest BCUT2D eigenvalue weighted by atomic mass is 9.97. The largest absolute Gasteiger partial charge is 0.464 e. The van der Waals surface area contributed by atoms with Gasteiger partial charge in [0.05, 0.1) is 12.6 Å². The summed E-state index contributed by atoms with van der Waals surface area (Å²) in [6, 6.07) is 11.9. The Morgan fingerprint density at radius 1 is 1.00 bits per heavy atom. The van der Waals surface area contributed by atoms with Gasteiger partial charge in [0.2, 0.25) is 5.43 Å². The fraction of sp³-hybridized carbons (Fsp3) is 0.150. The molecule has 3 rings (SSSR count). The van der Waals surface area contributed by atoms with Crippen LogP contribution in [0.25, 0.3) is 10.9 Å². The number of ether oxygens (including phenoxy) is 1. The number of nitrogens with one attached hydrogen (secondary N) is 1. The highest BCUT2D eigenvalue weighted by atomic mass is 16.5. The highest BCUT2D eigenvalue weighted by Gasteiger charge is 2.25. The van der Waals surface area contributed by atoms with Gasteiger partial charge >= 0.3 is 5.97 Å². The molecule has 0 aliphatic rings. The summed E-state index contributed by atoms with van der Waals surface area (Å²) in [7, 11) is 1.21. The summed E-state index contributed by atoms with van der Waals surface area (Å²) in [6.07, 6.45) is 0. The highest BCUT2D eigenvalue weighted by molar-refractivity contribution is 6.15. The number of aryl methyl sites for hydroxylation is 2. The summed E-state index contributed by atoms with van der Waals surface area (Å²) in [4.78, 5) is 41.0. The number of carbonyl (C=O) groups is 2. The molecule has 0 atom stereocenters. The first kappa shape index (κ1) is 16.6. The zero-order valence-electron chi connectivity index (χ0n) is 14.2. The number of pyridine rings is 1. The third-order valence-electron chi connectivity index (χ3n) is 4.36. The zero-order chi connectivity index (χ0) is 18.1. The summed E-state index contributed by atoms with van der Waals surface area (Å²) in [5, 5.41) is 0.370. The molecule has 0 unspecified atom stereocenters. The maximum absolute atomic E-state index is 13.0. The van der Waals surface area contributed by atoms with Crippen LogP contribution in [0, 0.1) is 13.8 Å². The lowest BCUT2D eigenvalue weighted by Gasteiger charge is -2.12. The van der Waals surface area contributed by atoms with E-state index in [2.05, 4.69) is 4.98 Å². The van der Waals surface area contributed by atoms with Gasteiger partial charge in [0.25, 0.3) is 0 Å². The molecule has 1 N–H and O–H groups in total. The van der Waals surface area contributed by atoms with Crippen molar-refractivity contribution in [2.45, 2.75) is 13.8 Å². The number of carbonyl (C=O) groups excluding carboxylic acids is 2. The summed E-state index contributed by atoms with van der Waals surface area (Å²) in [5.41, 5.74) is 1.89. The summed E-state index contributed by atoms with van der Waals surface area (Å²) in [5.74, 6) is -1.26. The highest BCUT2D eigenvalue weighted by Crippen LogP contribution is 2.21. The molecule has 0 bridgehead atoms. The Morgan fingerprint density at radius 3 is 2.32 bits per heavy atom. The van der Waals surface area contributed by atoms with Gasteiger partial charge in [0.15, 0.2) is 5.78 Å². The number of benzene rings is 2. The molecular weight excluding hydrogens is 318 g/mol. The number of ketones is 1. The second kappa shape index (κ2) is 6.36. The predicted octanol–water partition coefficient (Wildman–Crippen LogP) is 3.16. The SMILES string of the molecule is COC(=O)c1[nH]c2c(C)c(C)ccc2c(=O)c1C(=O)c1ccccc1. The van der Waals surface area contributed by atoms with E-state index in [0.717, 1.165) is 11.1 Å². The molecule has 0 amide bonds. The molecule has 0 saturated carbocycles. The Balaban J connectivity index is 2.39. The van der Waals surface area contributed by atoms with E-state index in [-0.39, 0.29) is 11.3 Å². The number of hydrogen-bond donors (Lipinski definition) is 1. The molecule has 5 nitrogen and oxygen atoms in total. The van der Waals surface area contributed by atoms with Gasteiger partial charge in [-0.25, -0.2) is 4.79 Å². The molecule has 1 aromatic heterocycles. The van der Waals surface area contributed by atoms with Crippen molar-refractivity contribution in [1.29, 1.82) is 0 Å². The minimum atomic E-state index is -0.751. The number of H-pyrrole nitrogens is 1. The lowest BCUT2D eigenvalue weighted by molar-refractivity contribution is 0.0591. The van der Waals surface area contributed by atoms with Crippen molar-refractivity contribution in [3.8, 4) is 0 Å². The second-order valence-corrected chi connectivity index (χ2v) is 5.82. The van der Waals surface area contributed by atoms with Crippen molar-refractivity contribution < 1.29 is 14.3 Å². The number of fused-ring (bicyclic) bond motifs is 1. The van der Waals surface area contributed by atoms with E-state index in [9.17, 15) is 14.4 Å². The minimum Gasteiger partial charge on any atom is -0.464 e. The molecule has 3 aromatic rings. The topological polar surface area (TPSA) is 76.2 Å². The molecule has 0 aliphatic heterocycles. The van der Waals surface area contributed by atoms with E-state index in [1.54, 1.807) is 36.4 Å². The van der Waals surface area contributed by atoms with Crippen molar-refractivity contribution in [1.82, 2.24) is 4.98 Å². The van der Waals surface area contributed by atoms with E-state index in [4.69, 9.17) is 4.74 Å². The average Bonchev–Trinajstić information content (AvgIpc) is 2.64. The van der Waals surface area contributed by atoms with Gasteiger partial charge in [-0.3, -0.25) is 9.59 Å². The maximum atomic E-state index is 13.0. The maximum Gasteiger partial charge on any atom is 0.355 e. The number of aromatic nitrogens is 1. The molecule has 0 fully saturated rings. The third kappa shape index (κ3) is 2.74. The van der Waals surface area contributed by atoms with Gasteiger partial charge in [-0.15, -0.1) is 0 Å². The predicted molar refractivity (Wildman–Crippen MR) is 95.3 cm³/mol. The van der Waals surface area contributed by atoms with Crippen LogP contribution in [0.15, 0.2) is 47.3 Å². The molecule has 0 aliphatic carbocycles. The van der Waals surface area contributed by atoms with Crippen molar-refractivity contribution in [2.75, 3.05) is 7.11 Å². The van der Waals surface area contributed by atoms with E-state index in [1.807, 2.05) is 19.9 Å². The van der Waals surface area contributed by atoms with Gasteiger partial charge in [-0.05, 0) is 31.0 Å². The normalized spacial score (nSPS) is 10.7. The fourth-order valence-corrected chi connectivity index (χ4v) is 2.81. The summed E-state index contributed by atoms with van der Waals surface area (Å²) < 4.78 is 4.78. The number of aromatic amines is 1. The zero-order valence-corrected chi connectivity index (χ0v) is 14.2. The molecule has 25 heavy (non-hydrogen) atoms. The van der Waals surface area contributed by atoms with Crippen molar-refractivity contribution in [2.24, 2.45) is 0 Å². The van der Waals surface area contributed by atoms with Gasteiger partial charge in [0, 0.05) is 10.9 Å². The van der Waals surface area contributed by atoms with Crippen molar-refractivity contribution in [3.63, 3.8) is 0 Å². The first-order chi connectivity index (χ1) is 12.0. The second-order valence-electron chi connectivity index (χ2n) is 5.82. The standard InChI is InChI=1S/C20H17NO4/c1-11-9-10-14-16(12(11)2)21-17(20(24)25-3)15(19(14)23)18(22)13-7-5-4-6-8-13/h4-10H,1-3H3,(H,21,23). The average molecular weight is 335 g/mol. The monoisotopic (exact) mass is 335 g/mol. The van der Waals surface area contributed by atoms with Crippen LogP contribution in [-0.2, 0) is 4.74 Å². The van der Waals surface area contributed by atoms with Crippen molar-refractivity contribution in [3.05, 3.63) is 80.6 Å². The van der Waals surface area contributed by atoms with Gasteiger partial charge in [-0.2, -0.15) is 0 Å². The van der Waals surface area contributed by atoms with E-state index >= 15 is 0 Å². The molecule has 2 aromatic carbocycles. The number of esters is 1. The first-order valence-electron chi connectivity index (χ1n) is 7.80. The lowest BCUT2D eigenvalue weighted by Crippen LogP contribution is -2.24. The number of hydrogen-bond acceptors (Lipinski definition) is 4. The van der Waals surface area contributed by atoms with Crippen LogP contribution >= 0.6 is 0 Å². The van der Waals surface area contributed by atoms with Crippen LogP contribution in [-0.4, -0.2) is 23.8 Å². The Kier molecular flexibility index (Phi) is 4.23. The quantitative estimate of drug-likeness (QED) is 0.589. The number of methoxy groups -OCH3 is 1. The van der Waals surface area contributed by atoms with Gasteiger partial charge in [0.1, 0.15) is 11.3 Å². The third-order valence-corrected chi connectivity index (χ3v) is 4.36. The smallest absolute Gasteiger partial charge is 0.355 e. The fourth-order valence-electron chi connectivity index (χ4n) is 2.81. The Bertz CT molecular complexity index is 1050. The molecular formula is C20H17NO4. The minimum absolute atomic E-state index is 0.123. The van der Waals surface area contributed by atoms with Crippen LogP contribution in [0.3, 0.4) is 0 Å². The molecule has 0 radical (unpaired) electrons. The molecule has 126 valence electrons. The number of rotatable bonds is 3. The van der Waals surface area contributed by atoms with E-state index in [0.29, 0.717) is 16.5 Å². The molecule has 1 heterocycles. The summed E-state index contributed by atoms with van der Waals surface area (Å²) >= 11 is 0. The van der Waals surface area contributed by atoms with Crippen LogP contribution in [0.2, 0.25) is 0 Å². The van der Waals surface area contributed by atoms with Crippen molar-refractivity contribution >= 4 is 22.7 Å². The van der Waals surface area contributed by atoms with Crippen LogP contribution < -0.4 is 5.43 Å². The van der Waals surface area contributed by atoms with Gasteiger partial charge in [-0.1, -0.05) is 36.4 Å².